The quantitative estimate of drug-likeness (QED) is 0.450. The van der Waals surface area contributed by atoms with E-state index in [1.165, 1.54) is 5.56 Å². The first-order chi connectivity index (χ1) is 11.9. The van der Waals surface area contributed by atoms with Crippen molar-refractivity contribution in [1.82, 2.24) is 15.0 Å². The average Bonchev–Trinajstić information content (AvgIpc) is 3.09. The lowest BCUT2D eigenvalue weighted by atomic mass is 10.2. The summed E-state index contributed by atoms with van der Waals surface area (Å²) in [6.45, 7) is 0. The van der Waals surface area contributed by atoms with Crippen LogP contribution in [0.1, 0.15) is 5.56 Å². The number of anilines is 1. The standard InChI is InChI=1S/C18H13N5S/c1-2-4-14(5-3-1)16-10-15-17(20-12-21-18(15)24-16)23-22-11-13-6-8-19-9-7-13/h1-12H,(H,20,21,23)/b22-11-. The Morgan fingerprint density at radius 3 is 2.67 bits per heavy atom. The summed E-state index contributed by atoms with van der Waals surface area (Å²) in [5, 5.41) is 5.22. The second-order valence-corrected chi connectivity index (χ2v) is 6.10. The van der Waals surface area contributed by atoms with Crippen LogP contribution in [-0.2, 0) is 0 Å². The maximum Gasteiger partial charge on any atom is 0.158 e. The minimum absolute atomic E-state index is 0.698. The molecule has 3 aromatic heterocycles. The van der Waals surface area contributed by atoms with E-state index in [1.54, 1.807) is 36.3 Å². The SMILES string of the molecule is C(=N/Nc1ncnc2sc(-c3ccccc3)cc12)/c1ccncc1. The van der Waals surface area contributed by atoms with Gasteiger partial charge in [-0.1, -0.05) is 30.3 Å². The molecule has 1 N–H and O–H groups in total. The monoisotopic (exact) mass is 331 g/mol. The van der Waals surface area contributed by atoms with Crippen molar-refractivity contribution in [1.29, 1.82) is 0 Å². The fraction of sp³-hybridized carbons (Fsp3) is 0. The number of rotatable bonds is 4. The van der Waals surface area contributed by atoms with Gasteiger partial charge in [0, 0.05) is 17.3 Å². The van der Waals surface area contributed by atoms with Crippen molar-refractivity contribution in [2.45, 2.75) is 0 Å². The highest BCUT2D eigenvalue weighted by Gasteiger charge is 2.09. The van der Waals surface area contributed by atoms with E-state index in [9.17, 15) is 0 Å². The van der Waals surface area contributed by atoms with Gasteiger partial charge in [0.2, 0.25) is 0 Å². The molecule has 0 aliphatic carbocycles. The zero-order valence-corrected chi connectivity index (χ0v) is 13.4. The van der Waals surface area contributed by atoms with Gasteiger partial charge in [0.15, 0.2) is 5.82 Å². The van der Waals surface area contributed by atoms with Gasteiger partial charge in [0.25, 0.3) is 0 Å². The van der Waals surface area contributed by atoms with E-state index >= 15 is 0 Å². The van der Waals surface area contributed by atoms with Crippen LogP contribution in [-0.4, -0.2) is 21.2 Å². The summed E-state index contributed by atoms with van der Waals surface area (Å²) in [5.74, 6) is 0.698. The van der Waals surface area contributed by atoms with E-state index in [1.807, 2.05) is 30.3 Å². The summed E-state index contributed by atoms with van der Waals surface area (Å²) in [7, 11) is 0. The fourth-order valence-electron chi connectivity index (χ4n) is 2.31. The molecule has 6 heteroatoms. The Morgan fingerprint density at radius 2 is 1.83 bits per heavy atom. The number of benzene rings is 1. The van der Waals surface area contributed by atoms with Crippen LogP contribution < -0.4 is 5.43 Å². The molecule has 5 nitrogen and oxygen atoms in total. The molecule has 0 aliphatic heterocycles. The molecule has 0 radical (unpaired) electrons. The zero-order valence-electron chi connectivity index (χ0n) is 12.6. The van der Waals surface area contributed by atoms with Crippen LogP contribution in [0.4, 0.5) is 5.82 Å². The molecule has 0 saturated heterocycles. The van der Waals surface area contributed by atoms with Crippen LogP contribution >= 0.6 is 11.3 Å². The van der Waals surface area contributed by atoms with Crippen molar-refractivity contribution < 1.29 is 0 Å². The van der Waals surface area contributed by atoms with Gasteiger partial charge in [-0.05, 0) is 29.3 Å². The van der Waals surface area contributed by atoms with Crippen molar-refractivity contribution in [3.05, 3.63) is 72.8 Å². The van der Waals surface area contributed by atoms with Crippen molar-refractivity contribution in [2.75, 3.05) is 5.43 Å². The van der Waals surface area contributed by atoms with Gasteiger partial charge >= 0.3 is 0 Å². The van der Waals surface area contributed by atoms with Crippen molar-refractivity contribution >= 4 is 33.6 Å². The minimum Gasteiger partial charge on any atom is -0.265 e. The van der Waals surface area contributed by atoms with Gasteiger partial charge in [-0.2, -0.15) is 5.10 Å². The smallest absolute Gasteiger partial charge is 0.158 e. The number of pyridine rings is 1. The molecule has 3 heterocycles. The molecular weight excluding hydrogens is 318 g/mol. The number of thiophene rings is 1. The molecule has 116 valence electrons. The summed E-state index contributed by atoms with van der Waals surface area (Å²) in [6, 6.07) is 16.1. The molecule has 0 unspecified atom stereocenters. The fourth-order valence-corrected chi connectivity index (χ4v) is 3.31. The molecule has 0 amide bonds. The van der Waals surface area contributed by atoms with E-state index in [0.717, 1.165) is 20.7 Å². The first-order valence-electron chi connectivity index (χ1n) is 7.39. The summed E-state index contributed by atoms with van der Waals surface area (Å²) in [6.07, 6.45) is 6.75. The Labute approximate surface area is 142 Å². The van der Waals surface area contributed by atoms with E-state index in [0.29, 0.717) is 5.82 Å². The van der Waals surface area contributed by atoms with Crippen LogP contribution in [0.5, 0.6) is 0 Å². The second-order valence-electron chi connectivity index (χ2n) is 5.07. The molecule has 0 fully saturated rings. The van der Waals surface area contributed by atoms with Crippen LogP contribution in [0.3, 0.4) is 0 Å². The number of hydrogen-bond donors (Lipinski definition) is 1. The molecule has 24 heavy (non-hydrogen) atoms. The highest BCUT2D eigenvalue weighted by atomic mass is 32.1. The molecule has 4 aromatic rings. The van der Waals surface area contributed by atoms with E-state index in [2.05, 4.69) is 43.7 Å². The summed E-state index contributed by atoms with van der Waals surface area (Å²) < 4.78 is 0. The van der Waals surface area contributed by atoms with Crippen molar-refractivity contribution in [3.8, 4) is 10.4 Å². The molecule has 0 bridgehead atoms. The molecule has 0 spiro atoms. The van der Waals surface area contributed by atoms with Crippen LogP contribution in [0.25, 0.3) is 20.7 Å². The van der Waals surface area contributed by atoms with Gasteiger partial charge in [0.1, 0.15) is 11.2 Å². The third-order valence-electron chi connectivity index (χ3n) is 3.48. The number of nitrogens with zero attached hydrogens (tertiary/aromatic N) is 4. The van der Waals surface area contributed by atoms with Crippen LogP contribution in [0, 0.1) is 0 Å². The Balaban J connectivity index is 1.64. The van der Waals surface area contributed by atoms with E-state index in [-0.39, 0.29) is 0 Å². The number of hydrazone groups is 1. The molecular formula is C18H13N5S. The maximum atomic E-state index is 4.36. The highest BCUT2D eigenvalue weighted by Crippen LogP contribution is 2.34. The van der Waals surface area contributed by atoms with Crippen molar-refractivity contribution in [3.63, 3.8) is 0 Å². The lowest BCUT2D eigenvalue weighted by Gasteiger charge is -1.99. The Kier molecular flexibility index (Phi) is 3.95. The first kappa shape index (κ1) is 14.5. The summed E-state index contributed by atoms with van der Waals surface area (Å²) in [4.78, 5) is 14.7. The second kappa shape index (κ2) is 6.55. The number of hydrogen-bond acceptors (Lipinski definition) is 6. The normalized spacial score (nSPS) is 11.2. The number of nitrogens with one attached hydrogen (secondary N) is 1. The summed E-state index contributed by atoms with van der Waals surface area (Å²) in [5.41, 5.74) is 5.15. The summed E-state index contributed by atoms with van der Waals surface area (Å²) >= 11 is 1.64. The number of aromatic nitrogens is 3. The van der Waals surface area contributed by atoms with E-state index < -0.39 is 0 Å². The van der Waals surface area contributed by atoms with Gasteiger partial charge < -0.3 is 0 Å². The molecule has 0 saturated carbocycles. The number of fused-ring (bicyclic) bond motifs is 1. The third kappa shape index (κ3) is 3.00. The Bertz CT molecular complexity index is 980. The van der Waals surface area contributed by atoms with Crippen molar-refractivity contribution in [2.24, 2.45) is 5.10 Å². The molecule has 4 rings (SSSR count). The topological polar surface area (TPSA) is 63.1 Å². The minimum atomic E-state index is 0.698. The Morgan fingerprint density at radius 1 is 1.00 bits per heavy atom. The Hall–Kier alpha value is -3.12. The third-order valence-corrected chi connectivity index (χ3v) is 4.57. The maximum absolute atomic E-state index is 4.36. The van der Waals surface area contributed by atoms with Gasteiger partial charge in [-0.3, -0.25) is 10.4 Å². The molecule has 1 aromatic carbocycles. The predicted octanol–water partition coefficient (Wildman–Crippen LogP) is 4.20. The van der Waals surface area contributed by atoms with Gasteiger partial charge in [0.05, 0.1) is 11.6 Å². The highest BCUT2D eigenvalue weighted by molar-refractivity contribution is 7.21. The average molecular weight is 331 g/mol. The lowest BCUT2D eigenvalue weighted by Crippen LogP contribution is -1.94. The first-order valence-corrected chi connectivity index (χ1v) is 8.21. The van der Waals surface area contributed by atoms with Gasteiger partial charge in [-0.15, -0.1) is 11.3 Å². The van der Waals surface area contributed by atoms with Crippen LogP contribution in [0.15, 0.2) is 72.4 Å². The largest absolute Gasteiger partial charge is 0.265 e. The van der Waals surface area contributed by atoms with Crippen LogP contribution in [0.2, 0.25) is 0 Å². The van der Waals surface area contributed by atoms with Gasteiger partial charge in [-0.25, -0.2) is 9.97 Å². The predicted molar refractivity (Wildman–Crippen MR) is 98.3 cm³/mol. The zero-order chi connectivity index (χ0) is 16.2. The molecule has 0 atom stereocenters. The lowest BCUT2D eigenvalue weighted by molar-refractivity contribution is 1.19. The molecule has 0 aliphatic rings. The van der Waals surface area contributed by atoms with E-state index in [4.69, 9.17) is 0 Å².